The maximum atomic E-state index is 6.65. The molecular formula is C8H11N3. The quantitative estimate of drug-likeness (QED) is 0.466. The summed E-state index contributed by atoms with van der Waals surface area (Å²) < 4.78 is 0. The second-order valence-corrected chi connectivity index (χ2v) is 1.78. The lowest BCUT2D eigenvalue weighted by Gasteiger charge is -1.87. The summed E-state index contributed by atoms with van der Waals surface area (Å²) in [6.07, 6.45) is 6.19. The lowest BCUT2D eigenvalue weighted by atomic mass is 10.3. The van der Waals surface area contributed by atoms with E-state index in [1.807, 2.05) is 0 Å². The lowest BCUT2D eigenvalue weighted by Crippen LogP contribution is -1.90. The second kappa shape index (κ2) is 5.17. The van der Waals surface area contributed by atoms with Gasteiger partial charge >= 0.3 is 0 Å². The Morgan fingerprint density at radius 2 is 1.91 bits per heavy atom. The van der Waals surface area contributed by atoms with Crippen LogP contribution in [0.5, 0.6) is 0 Å². The Bertz CT molecular complexity index is 213. The summed E-state index contributed by atoms with van der Waals surface area (Å²) in [5, 5.41) is 3.17. The van der Waals surface area contributed by atoms with E-state index in [4.69, 9.17) is 11.3 Å². The topological polar surface area (TPSA) is 62.2 Å². The molecule has 0 aromatic heterocycles. The molecule has 0 saturated carbocycles. The standard InChI is InChI=1S/C8H11N3/c1-3-7(9)5-6-8(4-2)11-10/h3-6,10H,1-2,9H2/b7-5+,8-6+,11-10?. The van der Waals surface area contributed by atoms with Crippen LogP contribution in [0, 0.1) is 5.53 Å². The third-order valence-electron chi connectivity index (χ3n) is 1.02. The maximum absolute atomic E-state index is 6.65. The van der Waals surface area contributed by atoms with Gasteiger partial charge in [-0.2, -0.15) is 5.11 Å². The van der Waals surface area contributed by atoms with Crippen molar-refractivity contribution in [2.75, 3.05) is 0 Å². The SMILES string of the molecule is C=C/C(N)=C\C=C(/C=C)N=N. The van der Waals surface area contributed by atoms with E-state index in [2.05, 4.69) is 18.3 Å². The predicted molar refractivity (Wildman–Crippen MR) is 45.9 cm³/mol. The van der Waals surface area contributed by atoms with Crippen LogP contribution < -0.4 is 5.73 Å². The van der Waals surface area contributed by atoms with Crippen molar-refractivity contribution < 1.29 is 0 Å². The average Bonchev–Trinajstić information content (AvgIpc) is 2.06. The van der Waals surface area contributed by atoms with Gasteiger partial charge < -0.3 is 5.73 Å². The Kier molecular flexibility index (Phi) is 4.40. The second-order valence-electron chi connectivity index (χ2n) is 1.78. The number of nitrogens with zero attached hydrogens (tertiary/aromatic N) is 1. The molecule has 0 saturated heterocycles. The van der Waals surface area contributed by atoms with Gasteiger partial charge in [0.15, 0.2) is 0 Å². The first-order chi connectivity index (χ1) is 5.24. The molecule has 0 unspecified atom stereocenters. The zero-order valence-corrected chi connectivity index (χ0v) is 6.25. The van der Waals surface area contributed by atoms with E-state index in [0.29, 0.717) is 11.4 Å². The van der Waals surface area contributed by atoms with Crippen molar-refractivity contribution in [3.63, 3.8) is 0 Å². The van der Waals surface area contributed by atoms with E-state index in [0.717, 1.165) is 0 Å². The van der Waals surface area contributed by atoms with Crippen LogP contribution >= 0.6 is 0 Å². The molecule has 0 amide bonds. The summed E-state index contributed by atoms with van der Waals surface area (Å²) >= 11 is 0. The lowest BCUT2D eigenvalue weighted by molar-refractivity contribution is 1.09. The molecule has 0 bridgehead atoms. The van der Waals surface area contributed by atoms with Crippen LogP contribution in [-0.4, -0.2) is 0 Å². The van der Waals surface area contributed by atoms with Crippen LogP contribution in [0.15, 0.2) is 54.0 Å². The van der Waals surface area contributed by atoms with Crippen molar-refractivity contribution in [2.24, 2.45) is 10.8 Å². The van der Waals surface area contributed by atoms with Crippen molar-refractivity contribution in [2.45, 2.75) is 0 Å². The fraction of sp³-hybridized carbons (Fsp3) is 0. The number of hydrogen-bond acceptors (Lipinski definition) is 3. The molecule has 0 aliphatic rings. The fourth-order valence-corrected chi connectivity index (χ4v) is 0.401. The highest BCUT2D eigenvalue weighted by atomic mass is 15.0. The van der Waals surface area contributed by atoms with Crippen molar-refractivity contribution in [3.05, 3.63) is 48.9 Å². The smallest absolute Gasteiger partial charge is 0.0844 e. The highest BCUT2D eigenvalue weighted by molar-refractivity contribution is 5.25. The van der Waals surface area contributed by atoms with Crippen molar-refractivity contribution in [1.82, 2.24) is 0 Å². The molecule has 3 heteroatoms. The molecule has 0 aromatic carbocycles. The molecule has 0 spiro atoms. The minimum absolute atomic E-state index is 0.467. The van der Waals surface area contributed by atoms with Gasteiger partial charge in [-0.3, -0.25) is 0 Å². The molecule has 58 valence electrons. The van der Waals surface area contributed by atoms with Crippen LogP contribution in [0.3, 0.4) is 0 Å². The number of nitrogens with two attached hydrogens (primary N) is 1. The van der Waals surface area contributed by atoms with Crippen LogP contribution in [0.2, 0.25) is 0 Å². The van der Waals surface area contributed by atoms with Crippen molar-refractivity contribution in [3.8, 4) is 0 Å². The molecule has 0 atom stereocenters. The first kappa shape index (κ1) is 9.36. The number of rotatable bonds is 4. The average molecular weight is 149 g/mol. The minimum atomic E-state index is 0.467. The summed E-state index contributed by atoms with van der Waals surface area (Å²) in [4.78, 5) is 0. The minimum Gasteiger partial charge on any atom is -0.399 e. The third kappa shape index (κ3) is 3.86. The van der Waals surface area contributed by atoms with Crippen LogP contribution in [0.1, 0.15) is 0 Å². The summed E-state index contributed by atoms with van der Waals surface area (Å²) in [6, 6.07) is 0. The van der Waals surface area contributed by atoms with Gasteiger partial charge in [-0.1, -0.05) is 13.2 Å². The maximum Gasteiger partial charge on any atom is 0.0844 e. The van der Waals surface area contributed by atoms with Gasteiger partial charge in [0.2, 0.25) is 0 Å². The largest absolute Gasteiger partial charge is 0.399 e. The molecule has 3 N–H and O–H groups in total. The third-order valence-corrected chi connectivity index (χ3v) is 1.02. The van der Waals surface area contributed by atoms with Gasteiger partial charge in [0.05, 0.1) is 5.70 Å². The van der Waals surface area contributed by atoms with E-state index in [1.54, 1.807) is 12.2 Å². The summed E-state index contributed by atoms with van der Waals surface area (Å²) in [7, 11) is 0. The van der Waals surface area contributed by atoms with Gasteiger partial charge in [0.1, 0.15) is 0 Å². The molecule has 0 heterocycles. The van der Waals surface area contributed by atoms with E-state index in [-0.39, 0.29) is 0 Å². The zero-order valence-electron chi connectivity index (χ0n) is 6.25. The fourth-order valence-electron chi connectivity index (χ4n) is 0.401. The van der Waals surface area contributed by atoms with Gasteiger partial charge in [-0.05, 0) is 24.3 Å². The number of hydrogen-bond donors (Lipinski definition) is 2. The van der Waals surface area contributed by atoms with Gasteiger partial charge in [0, 0.05) is 5.70 Å². The van der Waals surface area contributed by atoms with E-state index >= 15 is 0 Å². The predicted octanol–water partition coefficient (Wildman–Crippen LogP) is 2.12. The van der Waals surface area contributed by atoms with Crippen molar-refractivity contribution >= 4 is 0 Å². The Hall–Kier alpha value is -1.64. The molecule has 0 aliphatic heterocycles. The normalized spacial score (nSPS) is 12.4. The van der Waals surface area contributed by atoms with E-state index < -0.39 is 0 Å². The van der Waals surface area contributed by atoms with Gasteiger partial charge in [-0.15, -0.1) is 0 Å². The van der Waals surface area contributed by atoms with E-state index in [1.165, 1.54) is 12.2 Å². The monoisotopic (exact) mass is 149 g/mol. The number of allylic oxidation sites excluding steroid dienone is 4. The van der Waals surface area contributed by atoms with Gasteiger partial charge in [-0.25, -0.2) is 5.53 Å². The first-order valence-corrected chi connectivity index (χ1v) is 3.04. The Balaban J connectivity index is 4.40. The van der Waals surface area contributed by atoms with Crippen LogP contribution in [0.25, 0.3) is 0 Å². The molecule has 3 nitrogen and oxygen atoms in total. The first-order valence-electron chi connectivity index (χ1n) is 3.04. The summed E-state index contributed by atoms with van der Waals surface area (Å²) in [5.41, 5.74) is 13.0. The summed E-state index contributed by atoms with van der Waals surface area (Å²) in [5.74, 6) is 0. The van der Waals surface area contributed by atoms with Crippen LogP contribution in [0.4, 0.5) is 0 Å². The molecule has 0 aliphatic carbocycles. The molecule has 0 rings (SSSR count). The summed E-state index contributed by atoms with van der Waals surface area (Å²) in [6.45, 7) is 6.92. The molecule has 0 radical (unpaired) electrons. The van der Waals surface area contributed by atoms with E-state index in [9.17, 15) is 0 Å². The zero-order chi connectivity index (χ0) is 8.69. The number of nitrogens with one attached hydrogen (secondary N) is 1. The molecule has 0 fully saturated rings. The molecular weight excluding hydrogens is 138 g/mol. The molecule has 11 heavy (non-hydrogen) atoms. The van der Waals surface area contributed by atoms with Gasteiger partial charge in [0.25, 0.3) is 0 Å². The molecule has 0 aromatic rings. The Morgan fingerprint density at radius 1 is 1.27 bits per heavy atom. The highest BCUT2D eigenvalue weighted by Gasteiger charge is 1.82. The van der Waals surface area contributed by atoms with Crippen molar-refractivity contribution in [1.29, 1.82) is 5.53 Å². The Morgan fingerprint density at radius 3 is 2.27 bits per heavy atom. The highest BCUT2D eigenvalue weighted by Crippen LogP contribution is 1.97. The van der Waals surface area contributed by atoms with Crippen LogP contribution in [-0.2, 0) is 0 Å². The Labute approximate surface area is 66.1 Å².